The molecule has 7 heteroatoms. The van der Waals surface area contributed by atoms with Crippen LogP contribution in [0.25, 0.3) is 0 Å². The maximum atomic E-state index is 12.8. The van der Waals surface area contributed by atoms with Gasteiger partial charge in [0.05, 0.1) is 0 Å². The fourth-order valence-corrected chi connectivity index (χ4v) is 2.48. The van der Waals surface area contributed by atoms with Crippen molar-refractivity contribution in [3.63, 3.8) is 0 Å². The van der Waals surface area contributed by atoms with Gasteiger partial charge in [-0.15, -0.1) is 0 Å². The third-order valence-corrected chi connectivity index (χ3v) is 3.48. The van der Waals surface area contributed by atoms with Gasteiger partial charge in [0.15, 0.2) is 0 Å². The summed E-state index contributed by atoms with van der Waals surface area (Å²) < 4.78 is 38.5. The second-order valence-corrected chi connectivity index (χ2v) is 4.71. The molecule has 1 fully saturated rings. The lowest BCUT2D eigenvalue weighted by molar-refractivity contribution is -0.137. The lowest BCUT2D eigenvalue weighted by atomic mass is 9.90. The SMILES string of the molecule is CN[C@@H]1CCCC[C@H]1Nc1ncncc1C(F)(F)F. The van der Waals surface area contributed by atoms with Gasteiger partial charge >= 0.3 is 6.18 Å². The fourth-order valence-electron chi connectivity index (χ4n) is 2.48. The first-order valence-corrected chi connectivity index (χ1v) is 6.33. The van der Waals surface area contributed by atoms with Crippen LogP contribution >= 0.6 is 0 Å². The molecule has 19 heavy (non-hydrogen) atoms. The third-order valence-electron chi connectivity index (χ3n) is 3.48. The van der Waals surface area contributed by atoms with Crippen LogP contribution in [0.2, 0.25) is 0 Å². The summed E-state index contributed by atoms with van der Waals surface area (Å²) in [6, 6.07) is 0.138. The van der Waals surface area contributed by atoms with Crippen molar-refractivity contribution in [2.24, 2.45) is 0 Å². The molecule has 106 valence electrons. The van der Waals surface area contributed by atoms with E-state index in [-0.39, 0.29) is 17.9 Å². The summed E-state index contributed by atoms with van der Waals surface area (Å²) >= 11 is 0. The van der Waals surface area contributed by atoms with Crippen LogP contribution in [0.4, 0.5) is 19.0 Å². The maximum Gasteiger partial charge on any atom is 0.421 e. The second kappa shape index (κ2) is 5.73. The summed E-state index contributed by atoms with van der Waals surface area (Å²) in [6.45, 7) is 0. The number of nitrogens with one attached hydrogen (secondary N) is 2. The van der Waals surface area contributed by atoms with Gasteiger partial charge in [0.25, 0.3) is 0 Å². The van der Waals surface area contributed by atoms with Crippen molar-refractivity contribution >= 4 is 5.82 Å². The molecule has 0 bridgehead atoms. The molecule has 1 saturated carbocycles. The van der Waals surface area contributed by atoms with Gasteiger partial charge < -0.3 is 10.6 Å². The zero-order valence-electron chi connectivity index (χ0n) is 10.7. The average Bonchev–Trinajstić information content (AvgIpc) is 2.39. The summed E-state index contributed by atoms with van der Waals surface area (Å²) in [5.74, 6) is -0.130. The van der Waals surface area contributed by atoms with Gasteiger partial charge in [-0.2, -0.15) is 13.2 Å². The van der Waals surface area contributed by atoms with Crippen LogP contribution in [0.5, 0.6) is 0 Å². The Morgan fingerprint density at radius 2 is 1.89 bits per heavy atom. The Morgan fingerprint density at radius 3 is 2.53 bits per heavy atom. The Labute approximate surface area is 109 Å². The van der Waals surface area contributed by atoms with Gasteiger partial charge in [-0.25, -0.2) is 9.97 Å². The zero-order valence-corrected chi connectivity index (χ0v) is 10.7. The summed E-state index contributed by atoms with van der Waals surface area (Å²) in [5.41, 5.74) is -0.810. The van der Waals surface area contributed by atoms with E-state index in [0.717, 1.165) is 38.2 Å². The van der Waals surface area contributed by atoms with Crippen LogP contribution in [-0.2, 0) is 6.18 Å². The van der Waals surface area contributed by atoms with Crippen LogP contribution in [0.1, 0.15) is 31.2 Å². The van der Waals surface area contributed by atoms with Crippen LogP contribution in [-0.4, -0.2) is 29.1 Å². The second-order valence-electron chi connectivity index (χ2n) is 4.71. The largest absolute Gasteiger partial charge is 0.421 e. The number of hydrogen-bond donors (Lipinski definition) is 2. The molecule has 2 N–H and O–H groups in total. The van der Waals surface area contributed by atoms with E-state index in [2.05, 4.69) is 20.6 Å². The Hall–Kier alpha value is -1.37. The molecule has 0 aromatic carbocycles. The topological polar surface area (TPSA) is 49.8 Å². The molecule has 4 nitrogen and oxygen atoms in total. The van der Waals surface area contributed by atoms with Crippen LogP contribution in [0.15, 0.2) is 12.5 Å². The van der Waals surface area contributed by atoms with Gasteiger partial charge in [-0.05, 0) is 19.9 Å². The van der Waals surface area contributed by atoms with E-state index in [9.17, 15) is 13.2 Å². The van der Waals surface area contributed by atoms with Gasteiger partial charge in [0, 0.05) is 18.3 Å². The Balaban J connectivity index is 2.18. The predicted octanol–water partition coefficient (Wildman–Crippen LogP) is 2.44. The number of halogens is 3. The molecule has 0 unspecified atom stereocenters. The number of nitrogens with zero attached hydrogens (tertiary/aromatic N) is 2. The standard InChI is InChI=1S/C12H17F3N4/c1-16-9-4-2-3-5-10(9)19-11-8(12(13,14)15)6-17-7-18-11/h6-7,9-10,16H,2-5H2,1H3,(H,17,18,19)/t9-,10-/m1/s1. The Bertz CT molecular complexity index is 422. The maximum absolute atomic E-state index is 12.8. The normalized spacial score (nSPS) is 24.2. The highest BCUT2D eigenvalue weighted by Crippen LogP contribution is 2.34. The molecular formula is C12H17F3N4. The van der Waals surface area contributed by atoms with E-state index in [4.69, 9.17) is 0 Å². The van der Waals surface area contributed by atoms with E-state index in [1.165, 1.54) is 0 Å². The van der Waals surface area contributed by atoms with Crippen molar-refractivity contribution in [2.75, 3.05) is 12.4 Å². The van der Waals surface area contributed by atoms with Crippen molar-refractivity contribution < 1.29 is 13.2 Å². The van der Waals surface area contributed by atoms with Gasteiger partial charge in [0.1, 0.15) is 17.7 Å². The van der Waals surface area contributed by atoms with Crippen molar-refractivity contribution in [3.05, 3.63) is 18.1 Å². The molecule has 1 heterocycles. The van der Waals surface area contributed by atoms with Gasteiger partial charge in [-0.3, -0.25) is 0 Å². The molecule has 0 aliphatic heterocycles. The Morgan fingerprint density at radius 1 is 1.21 bits per heavy atom. The van der Waals surface area contributed by atoms with Crippen molar-refractivity contribution in [1.82, 2.24) is 15.3 Å². The van der Waals surface area contributed by atoms with Gasteiger partial charge in [0.2, 0.25) is 0 Å². The van der Waals surface area contributed by atoms with Crippen molar-refractivity contribution in [3.8, 4) is 0 Å². The highest BCUT2D eigenvalue weighted by atomic mass is 19.4. The minimum Gasteiger partial charge on any atom is -0.365 e. The van der Waals surface area contributed by atoms with E-state index in [0.29, 0.717) is 0 Å². The molecule has 1 aliphatic rings. The van der Waals surface area contributed by atoms with Crippen LogP contribution < -0.4 is 10.6 Å². The predicted molar refractivity (Wildman–Crippen MR) is 65.8 cm³/mol. The quantitative estimate of drug-likeness (QED) is 0.889. The highest BCUT2D eigenvalue weighted by molar-refractivity contribution is 5.45. The molecule has 1 aliphatic carbocycles. The first kappa shape index (κ1) is 14.0. The van der Waals surface area contributed by atoms with E-state index < -0.39 is 11.7 Å². The van der Waals surface area contributed by atoms with E-state index >= 15 is 0 Å². The van der Waals surface area contributed by atoms with E-state index in [1.807, 2.05) is 7.05 Å². The molecule has 1 aromatic rings. The third kappa shape index (κ3) is 3.34. The molecule has 2 rings (SSSR count). The summed E-state index contributed by atoms with van der Waals surface area (Å²) in [5, 5.41) is 6.07. The lowest BCUT2D eigenvalue weighted by Crippen LogP contribution is -2.45. The monoisotopic (exact) mass is 274 g/mol. The summed E-state index contributed by atoms with van der Waals surface area (Å²) in [4.78, 5) is 7.20. The molecule has 0 spiro atoms. The minimum atomic E-state index is -4.44. The molecule has 0 amide bonds. The molecule has 0 saturated heterocycles. The van der Waals surface area contributed by atoms with E-state index in [1.54, 1.807) is 0 Å². The van der Waals surface area contributed by atoms with Crippen LogP contribution in [0, 0.1) is 0 Å². The molecular weight excluding hydrogens is 257 g/mol. The summed E-state index contributed by atoms with van der Waals surface area (Å²) in [7, 11) is 1.83. The fraction of sp³-hybridized carbons (Fsp3) is 0.667. The Kier molecular flexibility index (Phi) is 4.24. The number of aromatic nitrogens is 2. The lowest BCUT2D eigenvalue weighted by Gasteiger charge is -2.32. The molecule has 2 atom stereocenters. The smallest absolute Gasteiger partial charge is 0.365 e. The molecule has 0 radical (unpaired) electrons. The molecule has 1 aromatic heterocycles. The zero-order chi connectivity index (χ0) is 13.9. The number of rotatable bonds is 3. The number of likely N-dealkylation sites (N-methyl/N-ethyl adjacent to an activating group) is 1. The van der Waals surface area contributed by atoms with Crippen molar-refractivity contribution in [1.29, 1.82) is 0 Å². The number of anilines is 1. The highest BCUT2D eigenvalue weighted by Gasteiger charge is 2.36. The van der Waals surface area contributed by atoms with Crippen LogP contribution in [0.3, 0.4) is 0 Å². The first-order valence-electron chi connectivity index (χ1n) is 6.33. The average molecular weight is 274 g/mol. The minimum absolute atomic E-state index is 0.0326. The summed E-state index contributed by atoms with van der Waals surface area (Å²) in [6.07, 6.45) is 1.42. The number of hydrogen-bond acceptors (Lipinski definition) is 4. The van der Waals surface area contributed by atoms with Gasteiger partial charge in [-0.1, -0.05) is 12.8 Å². The first-order chi connectivity index (χ1) is 9.02. The number of alkyl halides is 3. The van der Waals surface area contributed by atoms with Crippen molar-refractivity contribution in [2.45, 2.75) is 43.9 Å².